The van der Waals surface area contributed by atoms with E-state index >= 15 is 0 Å². The molecule has 1 saturated carbocycles. The van der Waals surface area contributed by atoms with Crippen LogP contribution in [0.3, 0.4) is 0 Å². The SMILES string of the molecule is O[C@@H]1[C@@H](NCCCOc2ccccc2)CCC[C@H]1Oc1ccccc1. The molecular formula is C21H27NO3. The van der Waals surface area contributed by atoms with Crippen molar-refractivity contribution in [2.24, 2.45) is 0 Å². The van der Waals surface area contributed by atoms with Crippen LogP contribution in [0.4, 0.5) is 0 Å². The maximum Gasteiger partial charge on any atom is 0.126 e. The summed E-state index contributed by atoms with van der Waals surface area (Å²) in [5.41, 5.74) is 0. The Labute approximate surface area is 149 Å². The van der Waals surface area contributed by atoms with E-state index in [1.807, 2.05) is 60.7 Å². The molecule has 3 atom stereocenters. The number of rotatable bonds is 8. The van der Waals surface area contributed by atoms with Gasteiger partial charge in [0.25, 0.3) is 0 Å². The second kappa shape index (κ2) is 9.44. The summed E-state index contributed by atoms with van der Waals surface area (Å²) in [6, 6.07) is 19.7. The van der Waals surface area contributed by atoms with Gasteiger partial charge in [-0.15, -0.1) is 0 Å². The highest BCUT2D eigenvalue weighted by Crippen LogP contribution is 2.24. The predicted molar refractivity (Wildman–Crippen MR) is 99.1 cm³/mol. The zero-order valence-corrected chi connectivity index (χ0v) is 14.5. The van der Waals surface area contributed by atoms with Crippen molar-refractivity contribution in [2.45, 2.75) is 43.9 Å². The van der Waals surface area contributed by atoms with E-state index in [4.69, 9.17) is 9.47 Å². The van der Waals surface area contributed by atoms with Gasteiger partial charge in [-0.2, -0.15) is 0 Å². The van der Waals surface area contributed by atoms with Gasteiger partial charge in [-0.1, -0.05) is 36.4 Å². The van der Waals surface area contributed by atoms with Crippen LogP contribution in [0.2, 0.25) is 0 Å². The Balaban J connectivity index is 1.38. The van der Waals surface area contributed by atoms with E-state index in [0.29, 0.717) is 6.61 Å². The molecule has 4 heteroatoms. The average molecular weight is 341 g/mol. The van der Waals surface area contributed by atoms with Crippen LogP contribution in [0.5, 0.6) is 11.5 Å². The predicted octanol–water partition coefficient (Wildman–Crippen LogP) is 3.41. The summed E-state index contributed by atoms with van der Waals surface area (Å²) >= 11 is 0. The molecule has 0 spiro atoms. The number of aliphatic hydroxyl groups excluding tert-OH is 1. The topological polar surface area (TPSA) is 50.7 Å². The van der Waals surface area contributed by atoms with Crippen molar-refractivity contribution in [1.29, 1.82) is 0 Å². The molecule has 3 rings (SSSR count). The van der Waals surface area contributed by atoms with Crippen molar-refractivity contribution in [1.82, 2.24) is 5.32 Å². The molecule has 134 valence electrons. The molecule has 0 unspecified atom stereocenters. The summed E-state index contributed by atoms with van der Waals surface area (Å²) in [6.07, 6.45) is 3.22. The van der Waals surface area contributed by atoms with Crippen LogP contribution in [-0.2, 0) is 0 Å². The number of ether oxygens (including phenoxy) is 2. The van der Waals surface area contributed by atoms with E-state index in [1.165, 1.54) is 0 Å². The van der Waals surface area contributed by atoms with Crippen LogP contribution in [0.1, 0.15) is 25.7 Å². The lowest BCUT2D eigenvalue weighted by atomic mass is 9.89. The van der Waals surface area contributed by atoms with Gasteiger partial charge in [-0.05, 0) is 56.5 Å². The molecule has 2 aromatic rings. The van der Waals surface area contributed by atoms with Crippen molar-refractivity contribution in [3.63, 3.8) is 0 Å². The van der Waals surface area contributed by atoms with Crippen LogP contribution in [-0.4, -0.2) is 36.5 Å². The van der Waals surface area contributed by atoms with Crippen LogP contribution >= 0.6 is 0 Å². The van der Waals surface area contributed by atoms with Gasteiger partial charge < -0.3 is 19.9 Å². The van der Waals surface area contributed by atoms with E-state index in [9.17, 15) is 5.11 Å². The third kappa shape index (κ3) is 5.48. The monoisotopic (exact) mass is 341 g/mol. The first kappa shape index (κ1) is 17.8. The molecule has 4 nitrogen and oxygen atoms in total. The summed E-state index contributed by atoms with van der Waals surface area (Å²) in [4.78, 5) is 0. The lowest BCUT2D eigenvalue weighted by molar-refractivity contribution is -0.0154. The van der Waals surface area contributed by atoms with Gasteiger partial charge in [0.1, 0.15) is 23.7 Å². The third-order valence-corrected chi connectivity index (χ3v) is 4.57. The Bertz CT molecular complexity index is 605. The van der Waals surface area contributed by atoms with Gasteiger partial charge >= 0.3 is 0 Å². The van der Waals surface area contributed by atoms with Crippen molar-refractivity contribution >= 4 is 0 Å². The van der Waals surface area contributed by atoms with Crippen molar-refractivity contribution in [3.8, 4) is 11.5 Å². The van der Waals surface area contributed by atoms with Crippen LogP contribution < -0.4 is 14.8 Å². The summed E-state index contributed by atoms with van der Waals surface area (Å²) in [5, 5.41) is 14.1. The van der Waals surface area contributed by atoms with Gasteiger partial charge in [0.05, 0.1) is 6.61 Å². The molecular weight excluding hydrogens is 314 g/mol. The Morgan fingerprint density at radius 1 is 0.920 bits per heavy atom. The normalized spacial score (nSPS) is 23.2. The third-order valence-electron chi connectivity index (χ3n) is 4.57. The fraction of sp³-hybridized carbons (Fsp3) is 0.429. The molecule has 25 heavy (non-hydrogen) atoms. The van der Waals surface area contributed by atoms with Crippen molar-refractivity contribution in [3.05, 3.63) is 60.7 Å². The fourth-order valence-electron chi connectivity index (χ4n) is 3.23. The minimum Gasteiger partial charge on any atom is -0.494 e. The largest absolute Gasteiger partial charge is 0.494 e. The van der Waals surface area contributed by atoms with Crippen molar-refractivity contribution < 1.29 is 14.6 Å². The van der Waals surface area contributed by atoms with Gasteiger partial charge in [0.15, 0.2) is 0 Å². The Kier molecular flexibility index (Phi) is 6.71. The molecule has 0 saturated heterocycles. The first-order valence-electron chi connectivity index (χ1n) is 9.14. The summed E-state index contributed by atoms with van der Waals surface area (Å²) in [7, 11) is 0. The number of hydrogen-bond donors (Lipinski definition) is 2. The maximum atomic E-state index is 10.6. The average Bonchev–Trinajstić information content (AvgIpc) is 2.66. The zero-order chi connectivity index (χ0) is 17.3. The van der Waals surface area contributed by atoms with Gasteiger partial charge in [-0.25, -0.2) is 0 Å². The quantitative estimate of drug-likeness (QED) is 0.723. The molecule has 0 amide bonds. The number of para-hydroxylation sites is 2. The summed E-state index contributed by atoms with van der Waals surface area (Å²) in [5.74, 6) is 1.72. The van der Waals surface area contributed by atoms with Gasteiger partial charge in [-0.3, -0.25) is 0 Å². The molecule has 0 bridgehead atoms. The number of aliphatic hydroxyl groups is 1. The molecule has 2 N–H and O–H groups in total. The maximum absolute atomic E-state index is 10.6. The second-order valence-corrected chi connectivity index (χ2v) is 6.47. The highest BCUT2D eigenvalue weighted by Gasteiger charge is 2.32. The molecule has 0 radical (unpaired) electrons. The molecule has 1 aliphatic carbocycles. The lowest BCUT2D eigenvalue weighted by Crippen LogP contribution is -2.51. The van der Waals surface area contributed by atoms with E-state index < -0.39 is 6.10 Å². The van der Waals surface area contributed by atoms with E-state index in [0.717, 1.165) is 43.7 Å². The second-order valence-electron chi connectivity index (χ2n) is 6.47. The van der Waals surface area contributed by atoms with Crippen LogP contribution in [0, 0.1) is 0 Å². The van der Waals surface area contributed by atoms with E-state index in [2.05, 4.69) is 5.32 Å². The van der Waals surface area contributed by atoms with Gasteiger partial charge in [0, 0.05) is 6.04 Å². The summed E-state index contributed by atoms with van der Waals surface area (Å²) < 4.78 is 11.7. The molecule has 1 fully saturated rings. The zero-order valence-electron chi connectivity index (χ0n) is 14.5. The Morgan fingerprint density at radius 2 is 1.60 bits per heavy atom. The van der Waals surface area contributed by atoms with Crippen molar-refractivity contribution in [2.75, 3.05) is 13.2 Å². The first-order valence-corrected chi connectivity index (χ1v) is 9.14. The Morgan fingerprint density at radius 3 is 2.32 bits per heavy atom. The van der Waals surface area contributed by atoms with E-state index in [-0.39, 0.29) is 12.1 Å². The lowest BCUT2D eigenvalue weighted by Gasteiger charge is -2.35. The number of hydrogen-bond acceptors (Lipinski definition) is 4. The minimum atomic E-state index is -0.482. The number of nitrogens with one attached hydrogen (secondary N) is 1. The molecule has 0 heterocycles. The fourth-order valence-corrected chi connectivity index (χ4v) is 3.23. The Hall–Kier alpha value is -2.04. The highest BCUT2D eigenvalue weighted by molar-refractivity contribution is 5.22. The van der Waals surface area contributed by atoms with Crippen LogP contribution in [0.15, 0.2) is 60.7 Å². The molecule has 1 aliphatic rings. The van der Waals surface area contributed by atoms with E-state index in [1.54, 1.807) is 0 Å². The minimum absolute atomic E-state index is 0.0826. The van der Waals surface area contributed by atoms with Gasteiger partial charge in [0.2, 0.25) is 0 Å². The summed E-state index contributed by atoms with van der Waals surface area (Å²) in [6.45, 7) is 1.50. The molecule has 2 aromatic carbocycles. The number of benzene rings is 2. The molecule has 0 aromatic heterocycles. The smallest absolute Gasteiger partial charge is 0.126 e. The molecule has 0 aliphatic heterocycles. The standard InChI is InChI=1S/C21H27NO3/c23-21-19(22-15-8-16-24-17-9-3-1-4-10-17)13-7-14-20(21)25-18-11-5-2-6-12-18/h1-6,9-12,19-23H,7-8,13-16H2/t19-,20+,21+/m0/s1. The highest BCUT2D eigenvalue weighted by atomic mass is 16.5. The first-order chi connectivity index (χ1) is 12.3. The van der Waals surface area contributed by atoms with Crippen LogP contribution in [0.25, 0.3) is 0 Å².